The van der Waals surface area contributed by atoms with Crippen molar-refractivity contribution in [2.75, 3.05) is 57.9 Å². The van der Waals surface area contributed by atoms with Crippen LogP contribution in [0.3, 0.4) is 0 Å². The van der Waals surface area contributed by atoms with Crippen LogP contribution >= 0.6 is 11.3 Å². The van der Waals surface area contributed by atoms with Gasteiger partial charge in [0.25, 0.3) is 0 Å². The van der Waals surface area contributed by atoms with Crippen LogP contribution in [0.1, 0.15) is 74.4 Å². The highest BCUT2D eigenvalue weighted by molar-refractivity contribution is 7.09. The lowest BCUT2D eigenvalue weighted by atomic mass is 9.84. The van der Waals surface area contributed by atoms with Gasteiger partial charge in [0.2, 0.25) is 0 Å². The summed E-state index contributed by atoms with van der Waals surface area (Å²) in [6, 6.07) is 6.52. The Balaban J connectivity index is 1.27. The first kappa shape index (κ1) is 36.0. The number of nitrogens with zero attached hydrogens (tertiary/aromatic N) is 5. The molecule has 0 saturated carbocycles. The van der Waals surface area contributed by atoms with Crippen molar-refractivity contribution in [1.82, 2.24) is 30.3 Å². The number of pyridine rings is 1. The van der Waals surface area contributed by atoms with Crippen molar-refractivity contribution >= 4 is 33.9 Å². The number of aliphatic hydroxyl groups excluding tert-OH is 1. The third kappa shape index (κ3) is 7.58. The zero-order chi connectivity index (χ0) is 35.7. The number of carbonyl (C=O) groups is 1. The average molecular weight is 716 g/mol. The number of hydrazine groups is 1. The summed E-state index contributed by atoms with van der Waals surface area (Å²) in [6.07, 6.45) is 7.93. The van der Waals surface area contributed by atoms with Gasteiger partial charge in [0.15, 0.2) is 0 Å². The number of rotatable bonds is 13. The van der Waals surface area contributed by atoms with Crippen LogP contribution in [0.5, 0.6) is 0 Å². The molecule has 0 radical (unpaired) electrons. The van der Waals surface area contributed by atoms with E-state index in [1.807, 2.05) is 6.20 Å². The number of ether oxygens (including phenoxy) is 1. The Morgan fingerprint density at radius 3 is 2.75 bits per heavy atom. The van der Waals surface area contributed by atoms with Crippen molar-refractivity contribution in [3.05, 3.63) is 51.6 Å². The van der Waals surface area contributed by atoms with E-state index in [1.165, 1.54) is 27.7 Å². The van der Waals surface area contributed by atoms with Crippen molar-refractivity contribution in [3.63, 3.8) is 0 Å². The predicted molar refractivity (Wildman–Crippen MR) is 203 cm³/mol. The van der Waals surface area contributed by atoms with Crippen LogP contribution in [0.4, 0.5) is 5.69 Å². The maximum atomic E-state index is 11.5. The quantitative estimate of drug-likeness (QED) is 0.142. The highest BCUT2D eigenvalue weighted by atomic mass is 32.1. The van der Waals surface area contributed by atoms with Gasteiger partial charge >= 0.3 is 5.97 Å². The maximum absolute atomic E-state index is 11.5. The first-order valence-electron chi connectivity index (χ1n) is 18.6. The smallest absolute Gasteiger partial charge is 0.322 e. The Kier molecular flexibility index (Phi) is 10.8. The van der Waals surface area contributed by atoms with Gasteiger partial charge in [0.05, 0.1) is 45.6 Å². The van der Waals surface area contributed by atoms with Gasteiger partial charge in [-0.05, 0) is 80.2 Å². The lowest BCUT2D eigenvalue weighted by Gasteiger charge is -2.31. The van der Waals surface area contributed by atoms with Gasteiger partial charge in [0, 0.05) is 87.8 Å². The monoisotopic (exact) mass is 715 g/mol. The van der Waals surface area contributed by atoms with Crippen LogP contribution < -0.4 is 15.6 Å². The number of aromatic nitrogens is 3. The standard InChI is InChI=1S/C39H53N7O4S/c1-25(50-4)35-30(20-28(22-41-35)44-16-11-40-12-17-44)37-31(21-39(2,3)24-47)29-19-27(18-26-8-5-15-46(37)36(26)29)33-23-51-34(42-33)10-7-14-45-13-6-9-32(43-45)38(48)49/h18-20,22-23,25,32,40,43,47H,5-17,21,24H2,1-4H3,(H,48,49). The molecular weight excluding hydrogens is 663 g/mol. The molecule has 2 unspecified atom stereocenters. The van der Waals surface area contributed by atoms with Crippen molar-refractivity contribution in [2.45, 2.75) is 84.4 Å². The fourth-order valence-corrected chi connectivity index (χ4v) is 8.86. The lowest BCUT2D eigenvalue weighted by Crippen LogP contribution is -2.52. The molecule has 0 aliphatic carbocycles. The van der Waals surface area contributed by atoms with Gasteiger partial charge in [-0.2, -0.15) is 0 Å². The molecule has 12 heteroatoms. The van der Waals surface area contributed by atoms with E-state index in [9.17, 15) is 15.0 Å². The molecule has 2 atom stereocenters. The van der Waals surface area contributed by atoms with Crippen LogP contribution in [0, 0.1) is 5.41 Å². The van der Waals surface area contributed by atoms with E-state index in [-0.39, 0.29) is 18.1 Å². The van der Waals surface area contributed by atoms with E-state index in [0.29, 0.717) is 6.42 Å². The second kappa shape index (κ2) is 15.3. The Bertz CT molecular complexity index is 1860. The number of piperazine rings is 1. The number of nitrogens with one attached hydrogen (secondary N) is 2. The fourth-order valence-electron chi connectivity index (χ4n) is 8.01. The molecule has 3 aromatic heterocycles. The van der Waals surface area contributed by atoms with Gasteiger partial charge < -0.3 is 29.7 Å². The van der Waals surface area contributed by atoms with Gasteiger partial charge in [-0.25, -0.2) is 15.4 Å². The normalized spacial score (nSPS) is 19.2. The highest BCUT2D eigenvalue weighted by Crippen LogP contribution is 2.45. The minimum Gasteiger partial charge on any atom is -0.480 e. The van der Waals surface area contributed by atoms with Crippen molar-refractivity contribution < 1.29 is 19.7 Å². The summed E-state index contributed by atoms with van der Waals surface area (Å²) in [5.74, 6) is -0.781. The fraction of sp³-hybridized carbons (Fsp3) is 0.564. The van der Waals surface area contributed by atoms with E-state index < -0.39 is 12.0 Å². The largest absolute Gasteiger partial charge is 0.480 e. The minimum absolute atomic E-state index is 0.0887. The molecule has 274 valence electrons. The third-order valence-electron chi connectivity index (χ3n) is 10.9. The van der Waals surface area contributed by atoms with Crippen LogP contribution in [0.25, 0.3) is 33.4 Å². The van der Waals surface area contributed by atoms with Gasteiger partial charge in [-0.15, -0.1) is 11.3 Å². The first-order chi connectivity index (χ1) is 24.7. The summed E-state index contributed by atoms with van der Waals surface area (Å²) < 4.78 is 8.44. The lowest BCUT2D eigenvalue weighted by molar-refractivity contribution is -0.142. The molecule has 2 saturated heterocycles. The number of anilines is 1. The van der Waals surface area contributed by atoms with E-state index in [2.05, 4.69) is 69.6 Å². The van der Waals surface area contributed by atoms with Crippen molar-refractivity contribution in [3.8, 4) is 22.5 Å². The number of methoxy groups -OCH3 is 1. The molecule has 3 aliphatic heterocycles. The van der Waals surface area contributed by atoms with Gasteiger partial charge in [0.1, 0.15) is 6.04 Å². The van der Waals surface area contributed by atoms with Crippen molar-refractivity contribution in [1.29, 1.82) is 0 Å². The predicted octanol–water partition coefficient (Wildman–Crippen LogP) is 5.44. The SMILES string of the molecule is COC(C)c1ncc(N2CCNCC2)cc1-c1c(CC(C)(C)CO)c2cc(-c3csc(CCCN4CCCC(C(=O)O)N4)n3)cc3c2n1CCC3. The Morgan fingerprint density at radius 1 is 1.16 bits per heavy atom. The van der Waals surface area contributed by atoms with Crippen LogP contribution in [-0.4, -0.2) is 94.8 Å². The molecule has 0 amide bonds. The third-order valence-corrected chi connectivity index (χ3v) is 11.8. The molecule has 51 heavy (non-hydrogen) atoms. The summed E-state index contributed by atoms with van der Waals surface area (Å²) in [5.41, 5.74) is 13.2. The summed E-state index contributed by atoms with van der Waals surface area (Å²) in [5, 5.41) is 30.0. The topological polar surface area (TPSA) is 128 Å². The summed E-state index contributed by atoms with van der Waals surface area (Å²) in [7, 11) is 1.75. The average Bonchev–Trinajstić information content (AvgIpc) is 3.75. The van der Waals surface area contributed by atoms with Gasteiger partial charge in [-0.3, -0.25) is 9.78 Å². The molecule has 4 aromatic rings. The zero-order valence-electron chi connectivity index (χ0n) is 30.5. The molecular formula is C39H53N7O4S. The number of hydrogen-bond acceptors (Lipinski definition) is 10. The number of carboxylic acid groups (broad SMARTS) is 1. The molecule has 1 aromatic carbocycles. The molecule has 0 bridgehead atoms. The molecule has 4 N–H and O–H groups in total. The molecule has 0 spiro atoms. The van der Waals surface area contributed by atoms with Crippen LogP contribution in [-0.2, 0) is 35.3 Å². The second-order valence-corrected chi connectivity index (χ2v) is 16.2. The van der Waals surface area contributed by atoms with E-state index in [1.54, 1.807) is 18.4 Å². The van der Waals surface area contributed by atoms with Crippen LogP contribution in [0.15, 0.2) is 29.8 Å². The molecule has 6 heterocycles. The van der Waals surface area contributed by atoms with Crippen LogP contribution in [0.2, 0.25) is 0 Å². The number of aliphatic hydroxyl groups is 1. The minimum atomic E-state index is -0.781. The second-order valence-electron chi connectivity index (χ2n) is 15.2. The van der Waals surface area contributed by atoms with E-state index >= 15 is 0 Å². The highest BCUT2D eigenvalue weighted by Gasteiger charge is 2.31. The van der Waals surface area contributed by atoms with Crippen molar-refractivity contribution in [2.24, 2.45) is 5.41 Å². The number of carboxylic acids is 1. The number of aryl methyl sites for hydroxylation is 3. The van der Waals surface area contributed by atoms with E-state index in [0.717, 1.165) is 118 Å². The first-order valence-corrected chi connectivity index (χ1v) is 19.5. The number of thiazole rings is 1. The number of benzene rings is 1. The molecule has 11 nitrogen and oxygen atoms in total. The Hall–Kier alpha value is -3.39. The molecule has 3 aliphatic rings. The molecule has 2 fully saturated rings. The maximum Gasteiger partial charge on any atom is 0.322 e. The number of aliphatic carboxylic acids is 1. The summed E-state index contributed by atoms with van der Waals surface area (Å²) in [6.45, 7) is 12.8. The van der Waals surface area contributed by atoms with Gasteiger partial charge in [-0.1, -0.05) is 13.8 Å². The number of hydrogen-bond donors (Lipinski definition) is 4. The Labute approximate surface area is 305 Å². The zero-order valence-corrected chi connectivity index (χ0v) is 31.3. The van der Waals surface area contributed by atoms with E-state index in [4.69, 9.17) is 14.7 Å². The summed E-state index contributed by atoms with van der Waals surface area (Å²) in [4.78, 5) is 24.1. The Morgan fingerprint density at radius 2 is 1.98 bits per heavy atom. The molecule has 7 rings (SSSR count). The summed E-state index contributed by atoms with van der Waals surface area (Å²) >= 11 is 1.70.